The predicted molar refractivity (Wildman–Crippen MR) is 76.9 cm³/mol. The van der Waals surface area contributed by atoms with Crippen molar-refractivity contribution in [2.24, 2.45) is 0 Å². The maximum absolute atomic E-state index is 9.49. The highest BCUT2D eigenvalue weighted by molar-refractivity contribution is 9.10. The first-order valence-corrected chi connectivity index (χ1v) is 7.22. The molecule has 2 unspecified atom stereocenters. The van der Waals surface area contributed by atoms with Crippen LogP contribution in [0, 0.1) is 0 Å². The number of hydrogen-bond donors (Lipinski definition) is 1. The first-order chi connectivity index (χ1) is 8.65. The van der Waals surface area contributed by atoms with Crippen molar-refractivity contribution in [3.63, 3.8) is 0 Å². The standard InChI is InChI=1S/C14H20BrNO2/c1-3-13-9-18-10(2)7-16(13)14-6-12(15)5-4-11(14)8-17/h4-6,10,13,17H,3,7-9H2,1-2H3. The van der Waals surface area contributed by atoms with Gasteiger partial charge >= 0.3 is 0 Å². The Morgan fingerprint density at radius 2 is 2.28 bits per heavy atom. The summed E-state index contributed by atoms with van der Waals surface area (Å²) in [5, 5.41) is 9.49. The molecule has 1 fully saturated rings. The van der Waals surface area contributed by atoms with E-state index >= 15 is 0 Å². The van der Waals surface area contributed by atoms with Gasteiger partial charge in [-0.15, -0.1) is 0 Å². The second-order valence-electron chi connectivity index (χ2n) is 4.79. The molecule has 18 heavy (non-hydrogen) atoms. The highest BCUT2D eigenvalue weighted by atomic mass is 79.9. The molecule has 100 valence electrons. The smallest absolute Gasteiger partial charge is 0.0723 e. The van der Waals surface area contributed by atoms with Crippen LogP contribution in [0.3, 0.4) is 0 Å². The van der Waals surface area contributed by atoms with Crippen LogP contribution in [-0.2, 0) is 11.3 Å². The third-order valence-corrected chi connectivity index (χ3v) is 3.96. The van der Waals surface area contributed by atoms with Gasteiger partial charge in [0.2, 0.25) is 0 Å². The molecule has 2 rings (SSSR count). The van der Waals surface area contributed by atoms with Crippen molar-refractivity contribution in [2.45, 2.75) is 39.0 Å². The number of ether oxygens (including phenoxy) is 1. The Kier molecular flexibility index (Phi) is 4.65. The molecule has 1 saturated heterocycles. The number of morpholine rings is 1. The number of rotatable bonds is 3. The van der Waals surface area contributed by atoms with E-state index in [0.717, 1.165) is 35.3 Å². The minimum absolute atomic E-state index is 0.0742. The van der Waals surface area contributed by atoms with Gasteiger partial charge in [-0.1, -0.05) is 28.9 Å². The molecule has 0 radical (unpaired) electrons. The van der Waals surface area contributed by atoms with Gasteiger partial charge in [-0.05, 0) is 25.5 Å². The molecule has 0 aromatic heterocycles. The van der Waals surface area contributed by atoms with Gasteiger partial charge in [-0.2, -0.15) is 0 Å². The first kappa shape index (κ1) is 13.8. The lowest BCUT2D eigenvalue weighted by molar-refractivity contribution is 0.0298. The number of aliphatic hydroxyl groups excluding tert-OH is 1. The zero-order valence-corrected chi connectivity index (χ0v) is 12.5. The van der Waals surface area contributed by atoms with Gasteiger partial charge in [0.15, 0.2) is 0 Å². The molecular weight excluding hydrogens is 294 g/mol. The first-order valence-electron chi connectivity index (χ1n) is 6.43. The minimum Gasteiger partial charge on any atom is -0.392 e. The van der Waals surface area contributed by atoms with Crippen LogP contribution in [-0.4, -0.2) is 30.4 Å². The summed E-state index contributed by atoms with van der Waals surface area (Å²) in [7, 11) is 0. The molecule has 1 aliphatic rings. The summed E-state index contributed by atoms with van der Waals surface area (Å²) in [6.07, 6.45) is 1.28. The van der Waals surface area contributed by atoms with Crippen LogP contribution in [0.2, 0.25) is 0 Å². The lowest BCUT2D eigenvalue weighted by atomic mass is 10.1. The maximum atomic E-state index is 9.49. The van der Waals surface area contributed by atoms with Crippen LogP contribution in [0.5, 0.6) is 0 Å². The molecule has 0 bridgehead atoms. The predicted octanol–water partition coefficient (Wildman–Crippen LogP) is 2.95. The summed E-state index contributed by atoms with van der Waals surface area (Å²) < 4.78 is 6.77. The zero-order chi connectivity index (χ0) is 13.1. The van der Waals surface area contributed by atoms with Gasteiger partial charge in [0, 0.05) is 22.3 Å². The molecule has 3 nitrogen and oxygen atoms in total. The molecule has 2 atom stereocenters. The average molecular weight is 314 g/mol. The van der Waals surface area contributed by atoms with E-state index in [0.29, 0.717) is 6.04 Å². The maximum Gasteiger partial charge on any atom is 0.0723 e. The summed E-state index contributed by atoms with van der Waals surface area (Å²) in [6, 6.07) is 6.43. The highest BCUT2D eigenvalue weighted by Gasteiger charge is 2.27. The number of aliphatic hydroxyl groups is 1. The van der Waals surface area contributed by atoms with Gasteiger partial charge in [0.25, 0.3) is 0 Å². The van der Waals surface area contributed by atoms with E-state index in [-0.39, 0.29) is 12.7 Å². The van der Waals surface area contributed by atoms with E-state index < -0.39 is 0 Å². The molecule has 0 amide bonds. The molecule has 1 aromatic carbocycles. The highest BCUT2D eigenvalue weighted by Crippen LogP contribution is 2.30. The van der Waals surface area contributed by atoms with Crippen LogP contribution in [0.4, 0.5) is 5.69 Å². The minimum atomic E-state index is 0.0742. The van der Waals surface area contributed by atoms with Crippen LogP contribution >= 0.6 is 15.9 Å². The summed E-state index contributed by atoms with van der Waals surface area (Å²) in [6.45, 7) is 5.98. The molecule has 1 heterocycles. The van der Waals surface area contributed by atoms with Gasteiger partial charge < -0.3 is 14.7 Å². The van der Waals surface area contributed by atoms with Crippen molar-refractivity contribution in [1.82, 2.24) is 0 Å². The molecule has 4 heteroatoms. The Balaban J connectivity index is 2.34. The van der Waals surface area contributed by atoms with E-state index in [9.17, 15) is 5.11 Å². The topological polar surface area (TPSA) is 32.7 Å². The van der Waals surface area contributed by atoms with Gasteiger partial charge in [-0.25, -0.2) is 0 Å². The number of nitrogens with zero attached hydrogens (tertiary/aromatic N) is 1. The summed E-state index contributed by atoms with van der Waals surface area (Å²) >= 11 is 3.51. The van der Waals surface area contributed by atoms with E-state index in [1.54, 1.807) is 0 Å². The van der Waals surface area contributed by atoms with Crippen molar-refractivity contribution >= 4 is 21.6 Å². The van der Waals surface area contributed by atoms with Crippen molar-refractivity contribution in [1.29, 1.82) is 0 Å². The Bertz CT molecular complexity index is 411. The van der Waals surface area contributed by atoms with Crippen molar-refractivity contribution in [3.05, 3.63) is 28.2 Å². The lowest BCUT2D eigenvalue weighted by Crippen LogP contribution is -2.49. The Morgan fingerprint density at radius 3 is 2.94 bits per heavy atom. The normalized spacial score (nSPS) is 24.3. The summed E-state index contributed by atoms with van der Waals surface area (Å²) in [5.74, 6) is 0. The third kappa shape index (κ3) is 2.87. The Hall–Kier alpha value is -0.580. The number of hydrogen-bond acceptors (Lipinski definition) is 3. The van der Waals surface area contributed by atoms with Gasteiger partial charge in [0.05, 0.1) is 25.4 Å². The van der Waals surface area contributed by atoms with Crippen LogP contribution in [0.25, 0.3) is 0 Å². The summed E-state index contributed by atoms with van der Waals surface area (Å²) in [4.78, 5) is 2.37. The number of halogens is 1. The molecule has 1 aliphatic heterocycles. The number of benzene rings is 1. The molecule has 1 N–H and O–H groups in total. The lowest BCUT2D eigenvalue weighted by Gasteiger charge is -2.40. The Labute approximate surface area is 117 Å². The number of anilines is 1. The van der Waals surface area contributed by atoms with Crippen molar-refractivity contribution in [3.8, 4) is 0 Å². The molecule has 0 spiro atoms. The monoisotopic (exact) mass is 313 g/mol. The van der Waals surface area contributed by atoms with Crippen molar-refractivity contribution in [2.75, 3.05) is 18.1 Å². The third-order valence-electron chi connectivity index (χ3n) is 3.47. The van der Waals surface area contributed by atoms with Crippen LogP contribution in [0.1, 0.15) is 25.8 Å². The summed E-state index contributed by atoms with van der Waals surface area (Å²) in [5.41, 5.74) is 2.10. The Morgan fingerprint density at radius 1 is 1.50 bits per heavy atom. The van der Waals surface area contributed by atoms with E-state index in [1.165, 1.54) is 0 Å². The van der Waals surface area contributed by atoms with Gasteiger partial charge in [0.1, 0.15) is 0 Å². The largest absolute Gasteiger partial charge is 0.392 e. The molecule has 1 aromatic rings. The quantitative estimate of drug-likeness (QED) is 0.931. The molecule has 0 saturated carbocycles. The van der Waals surface area contributed by atoms with E-state index in [2.05, 4.69) is 40.7 Å². The van der Waals surface area contributed by atoms with Crippen LogP contribution < -0.4 is 4.90 Å². The molecular formula is C14H20BrNO2. The zero-order valence-electron chi connectivity index (χ0n) is 10.9. The fourth-order valence-corrected chi connectivity index (χ4v) is 2.76. The average Bonchev–Trinajstić information content (AvgIpc) is 2.38. The second kappa shape index (κ2) is 6.04. The SMILES string of the molecule is CCC1COC(C)CN1c1cc(Br)ccc1CO. The molecule has 0 aliphatic carbocycles. The fraction of sp³-hybridized carbons (Fsp3) is 0.571. The van der Waals surface area contributed by atoms with Crippen molar-refractivity contribution < 1.29 is 9.84 Å². The fourth-order valence-electron chi connectivity index (χ4n) is 2.42. The van der Waals surface area contributed by atoms with Gasteiger partial charge in [-0.3, -0.25) is 0 Å². The van der Waals surface area contributed by atoms with Crippen LogP contribution in [0.15, 0.2) is 22.7 Å². The van der Waals surface area contributed by atoms with E-state index in [4.69, 9.17) is 4.74 Å². The second-order valence-corrected chi connectivity index (χ2v) is 5.71. The van der Waals surface area contributed by atoms with E-state index in [1.807, 2.05) is 12.1 Å².